The first-order chi connectivity index (χ1) is 9.05. The van der Waals surface area contributed by atoms with Crippen LogP contribution in [-0.2, 0) is 10.3 Å². The summed E-state index contributed by atoms with van der Waals surface area (Å²) in [4.78, 5) is 0. The van der Waals surface area contributed by atoms with Crippen LogP contribution in [0, 0.1) is 11.6 Å². The predicted molar refractivity (Wildman–Crippen MR) is 71.0 cm³/mol. The number of hydrogen-bond donors (Lipinski definition) is 1. The first kappa shape index (κ1) is 14.4. The quantitative estimate of drug-likeness (QED) is 0.905. The van der Waals surface area contributed by atoms with Crippen LogP contribution in [0.2, 0.25) is 0 Å². The molecular weight excluding hydrogens is 248 g/mol. The molecule has 106 valence electrons. The molecule has 0 aromatic heterocycles. The highest BCUT2D eigenvalue weighted by Crippen LogP contribution is 2.36. The molecule has 1 aromatic carbocycles. The van der Waals surface area contributed by atoms with Gasteiger partial charge in [0, 0.05) is 18.2 Å². The summed E-state index contributed by atoms with van der Waals surface area (Å²) in [5.74, 6) is -0.829. The minimum Gasteiger partial charge on any atom is -0.370 e. The topological polar surface area (TPSA) is 21.3 Å². The van der Waals surface area contributed by atoms with Crippen LogP contribution in [0.5, 0.6) is 0 Å². The molecule has 0 amide bonds. The molecule has 1 saturated heterocycles. The van der Waals surface area contributed by atoms with Crippen LogP contribution in [0.4, 0.5) is 8.78 Å². The third kappa shape index (κ3) is 3.31. The Morgan fingerprint density at radius 3 is 2.95 bits per heavy atom. The van der Waals surface area contributed by atoms with E-state index in [4.69, 9.17) is 4.74 Å². The maximum atomic E-state index is 13.9. The predicted octanol–water partition coefficient (Wildman–Crippen LogP) is 3.36. The number of benzene rings is 1. The third-order valence-corrected chi connectivity index (χ3v) is 3.70. The van der Waals surface area contributed by atoms with E-state index in [1.165, 1.54) is 12.1 Å². The molecule has 2 unspecified atom stereocenters. The van der Waals surface area contributed by atoms with E-state index in [2.05, 4.69) is 12.2 Å². The van der Waals surface area contributed by atoms with Crippen LogP contribution in [-0.4, -0.2) is 19.2 Å². The zero-order valence-electron chi connectivity index (χ0n) is 11.5. The monoisotopic (exact) mass is 269 g/mol. The SMILES string of the molecule is CCCNC1CCOC(C)(c2cc(F)ccc2F)C1. The molecule has 1 aliphatic heterocycles. The average molecular weight is 269 g/mol. The van der Waals surface area contributed by atoms with E-state index in [0.29, 0.717) is 24.6 Å². The van der Waals surface area contributed by atoms with E-state index in [1.54, 1.807) is 0 Å². The molecule has 0 saturated carbocycles. The second-order valence-electron chi connectivity index (χ2n) is 5.35. The van der Waals surface area contributed by atoms with Gasteiger partial charge in [0.1, 0.15) is 11.6 Å². The summed E-state index contributed by atoms with van der Waals surface area (Å²) < 4.78 is 33.0. The van der Waals surface area contributed by atoms with Gasteiger partial charge in [-0.15, -0.1) is 0 Å². The van der Waals surface area contributed by atoms with Crippen LogP contribution < -0.4 is 5.32 Å². The van der Waals surface area contributed by atoms with E-state index in [1.807, 2.05) is 6.92 Å². The second kappa shape index (κ2) is 5.97. The second-order valence-corrected chi connectivity index (χ2v) is 5.35. The highest BCUT2D eigenvalue weighted by Gasteiger charge is 2.36. The lowest BCUT2D eigenvalue weighted by Gasteiger charge is -2.39. The standard InChI is InChI=1S/C15H21F2NO/c1-3-7-18-12-6-8-19-15(2,10-12)13-9-11(16)4-5-14(13)17/h4-5,9,12,18H,3,6-8,10H2,1-2H3. The fraction of sp³-hybridized carbons (Fsp3) is 0.600. The first-order valence-electron chi connectivity index (χ1n) is 6.88. The number of ether oxygens (including phenoxy) is 1. The largest absolute Gasteiger partial charge is 0.370 e. The normalized spacial score (nSPS) is 27.5. The Hall–Kier alpha value is -1.00. The zero-order chi connectivity index (χ0) is 13.9. The first-order valence-corrected chi connectivity index (χ1v) is 6.88. The Labute approximate surface area is 113 Å². The van der Waals surface area contributed by atoms with Crippen molar-refractivity contribution in [3.63, 3.8) is 0 Å². The highest BCUT2D eigenvalue weighted by atomic mass is 19.1. The maximum Gasteiger partial charge on any atom is 0.129 e. The Bertz CT molecular complexity index is 438. The van der Waals surface area contributed by atoms with Crippen molar-refractivity contribution in [2.45, 2.75) is 44.8 Å². The molecule has 1 N–H and O–H groups in total. The van der Waals surface area contributed by atoms with Crippen LogP contribution in [0.1, 0.15) is 38.7 Å². The van der Waals surface area contributed by atoms with Gasteiger partial charge in [-0.1, -0.05) is 6.92 Å². The van der Waals surface area contributed by atoms with Gasteiger partial charge in [-0.05, 0) is 50.9 Å². The molecule has 4 heteroatoms. The van der Waals surface area contributed by atoms with Crippen LogP contribution in [0.25, 0.3) is 0 Å². The summed E-state index contributed by atoms with van der Waals surface area (Å²) in [5.41, 5.74) is -0.439. The third-order valence-electron chi connectivity index (χ3n) is 3.70. The van der Waals surface area contributed by atoms with Crippen molar-refractivity contribution in [1.82, 2.24) is 5.32 Å². The van der Waals surface area contributed by atoms with Gasteiger partial charge in [-0.2, -0.15) is 0 Å². The Morgan fingerprint density at radius 2 is 2.21 bits per heavy atom. The smallest absolute Gasteiger partial charge is 0.129 e. The van der Waals surface area contributed by atoms with Crippen molar-refractivity contribution in [2.75, 3.05) is 13.2 Å². The molecule has 2 atom stereocenters. The molecule has 1 fully saturated rings. The lowest BCUT2D eigenvalue weighted by atomic mass is 9.85. The number of rotatable bonds is 4. The fourth-order valence-electron chi connectivity index (χ4n) is 2.67. The lowest BCUT2D eigenvalue weighted by Crippen LogP contribution is -2.44. The van der Waals surface area contributed by atoms with E-state index in [0.717, 1.165) is 25.5 Å². The molecule has 2 rings (SSSR count). The average Bonchev–Trinajstić information content (AvgIpc) is 2.39. The number of hydrogen-bond acceptors (Lipinski definition) is 2. The van der Waals surface area contributed by atoms with Crippen molar-refractivity contribution < 1.29 is 13.5 Å². The van der Waals surface area contributed by atoms with E-state index in [9.17, 15) is 8.78 Å². The Balaban J connectivity index is 2.18. The van der Waals surface area contributed by atoms with Crippen molar-refractivity contribution in [1.29, 1.82) is 0 Å². The minimum absolute atomic E-state index is 0.293. The molecule has 1 heterocycles. The molecule has 0 radical (unpaired) electrons. The minimum atomic E-state index is -0.754. The van der Waals surface area contributed by atoms with E-state index >= 15 is 0 Å². The van der Waals surface area contributed by atoms with Crippen molar-refractivity contribution in [3.05, 3.63) is 35.4 Å². The van der Waals surface area contributed by atoms with Crippen LogP contribution in [0.3, 0.4) is 0 Å². The Morgan fingerprint density at radius 1 is 1.42 bits per heavy atom. The molecule has 19 heavy (non-hydrogen) atoms. The van der Waals surface area contributed by atoms with Crippen molar-refractivity contribution >= 4 is 0 Å². The fourth-order valence-corrected chi connectivity index (χ4v) is 2.67. The van der Waals surface area contributed by atoms with Gasteiger partial charge >= 0.3 is 0 Å². The summed E-state index contributed by atoms with van der Waals surface area (Å²) in [5, 5.41) is 3.43. The van der Waals surface area contributed by atoms with Gasteiger partial charge in [0.05, 0.1) is 5.60 Å². The van der Waals surface area contributed by atoms with E-state index < -0.39 is 17.2 Å². The van der Waals surface area contributed by atoms with Gasteiger partial charge in [0.25, 0.3) is 0 Å². The highest BCUT2D eigenvalue weighted by molar-refractivity contribution is 5.25. The summed E-state index contributed by atoms with van der Waals surface area (Å²) in [6.45, 7) is 5.45. The molecule has 2 nitrogen and oxygen atoms in total. The summed E-state index contributed by atoms with van der Waals surface area (Å²) in [7, 11) is 0. The molecular formula is C15H21F2NO. The van der Waals surface area contributed by atoms with Crippen LogP contribution in [0.15, 0.2) is 18.2 Å². The van der Waals surface area contributed by atoms with Gasteiger partial charge in [0.2, 0.25) is 0 Å². The zero-order valence-corrected chi connectivity index (χ0v) is 11.5. The molecule has 1 aliphatic rings. The van der Waals surface area contributed by atoms with E-state index in [-0.39, 0.29) is 0 Å². The lowest BCUT2D eigenvalue weighted by molar-refractivity contribution is -0.0833. The molecule has 0 bridgehead atoms. The van der Waals surface area contributed by atoms with Crippen LogP contribution >= 0.6 is 0 Å². The summed E-state index contributed by atoms with van der Waals surface area (Å²) >= 11 is 0. The van der Waals surface area contributed by atoms with Gasteiger partial charge in [-0.3, -0.25) is 0 Å². The van der Waals surface area contributed by atoms with Gasteiger partial charge in [0.15, 0.2) is 0 Å². The number of nitrogens with one attached hydrogen (secondary N) is 1. The molecule has 1 aromatic rings. The summed E-state index contributed by atoms with van der Waals surface area (Å²) in [6.07, 6.45) is 2.63. The molecule has 0 aliphatic carbocycles. The van der Waals surface area contributed by atoms with Gasteiger partial charge in [-0.25, -0.2) is 8.78 Å². The summed E-state index contributed by atoms with van der Waals surface area (Å²) in [6, 6.07) is 3.85. The number of halogens is 2. The van der Waals surface area contributed by atoms with Gasteiger partial charge < -0.3 is 10.1 Å². The van der Waals surface area contributed by atoms with Crippen molar-refractivity contribution in [2.24, 2.45) is 0 Å². The maximum absolute atomic E-state index is 13.9. The Kier molecular flexibility index (Phi) is 4.53. The van der Waals surface area contributed by atoms with Crippen molar-refractivity contribution in [3.8, 4) is 0 Å². The molecule has 0 spiro atoms.